The van der Waals surface area contributed by atoms with E-state index in [-0.39, 0.29) is 6.03 Å². The van der Waals surface area contributed by atoms with Crippen LogP contribution in [-0.2, 0) is 6.54 Å². The lowest BCUT2D eigenvalue weighted by Crippen LogP contribution is -2.28. The number of amides is 2. The smallest absolute Gasteiger partial charge is 0.321 e. The number of hydrogen-bond acceptors (Lipinski definition) is 4. The molecule has 0 fully saturated rings. The van der Waals surface area contributed by atoms with Crippen molar-refractivity contribution in [3.63, 3.8) is 0 Å². The van der Waals surface area contributed by atoms with E-state index in [9.17, 15) is 4.79 Å². The maximum absolute atomic E-state index is 11.8. The van der Waals surface area contributed by atoms with E-state index < -0.39 is 0 Å². The summed E-state index contributed by atoms with van der Waals surface area (Å²) in [6.07, 6.45) is 1.70. The molecule has 0 unspecified atom stereocenters. The first-order valence-electron chi connectivity index (χ1n) is 6.77. The van der Waals surface area contributed by atoms with E-state index in [1.807, 2.05) is 53.9 Å². The Morgan fingerprint density at radius 3 is 2.68 bits per heavy atom. The number of thiazole rings is 1. The number of anilines is 1. The fourth-order valence-electron chi connectivity index (χ4n) is 1.89. The molecule has 5 nitrogen and oxygen atoms in total. The maximum Gasteiger partial charge on any atom is 0.321 e. The van der Waals surface area contributed by atoms with Crippen LogP contribution < -0.4 is 10.6 Å². The van der Waals surface area contributed by atoms with Gasteiger partial charge >= 0.3 is 6.03 Å². The predicted octanol–water partition coefficient (Wildman–Crippen LogP) is 3.53. The van der Waals surface area contributed by atoms with E-state index in [2.05, 4.69) is 20.6 Å². The van der Waals surface area contributed by atoms with Crippen molar-refractivity contribution >= 4 is 22.5 Å². The van der Waals surface area contributed by atoms with Crippen molar-refractivity contribution in [1.29, 1.82) is 0 Å². The molecule has 0 saturated heterocycles. The Kier molecular flexibility index (Phi) is 4.41. The zero-order valence-electron chi connectivity index (χ0n) is 11.7. The van der Waals surface area contributed by atoms with Crippen LogP contribution >= 0.6 is 11.3 Å². The number of benzene rings is 1. The molecule has 1 aromatic carbocycles. The van der Waals surface area contributed by atoms with Gasteiger partial charge in [-0.15, -0.1) is 11.3 Å². The Morgan fingerprint density at radius 1 is 1.09 bits per heavy atom. The molecule has 22 heavy (non-hydrogen) atoms. The van der Waals surface area contributed by atoms with E-state index in [1.54, 1.807) is 6.20 Å². The molecule has 2 aromatic heterocycles. The van der Waals surface area contributed by atoms with Crippen LogP contribution in [0.3, 0.4) is 0 Å². The SMILES string of the molecule is O=C(NCc1ccccn1)Nc1nc(-c2ccccc2)cs1. The highest BCUT2D eigenvalue weighted by Gasteiger charge is 2.07. The van der Waals surface area contributed by atoms with Gasteiger partial charge in [0.25, 0.3) is 0 Å². The van der Waals surface area contributed by atoms with Crippen molar-refractivity contribution in [3.05, 3.63) is 65.8 Å². The van der Waals surface area contributed by atoms with Crippen molar-refractivity contribution in [2.75, 3.05) is 5.32 Å². The Bertz CT molecular complexity index is 743. The first-order chi connectivity index (χ1) is 10.8. The Labute approximate surface area is 132 Å². The van der Waals surface area contributed by atoms with Gasteiger partial charge in [-0.05, 0) is 12.1 Å². The molecule has 3 rings (SSSR count). The van der Waals surface area contributed by atoms with E-state index >= 15 is 0 Å². The molecule has 0 aliphatic heterocycles. The van der Waals surface area contributed by atoms with E-state index in [0.29, 0.717) is 11.7 Å². The minimum absolute atomic E-state index is 0.292. The van der Waals surface area contributed by atoms with Gasteiger partial charge < -0.3 is 5.32 Å². The van der Waals surface area contributed by atoms with Gasteiger partial charge in [-0.25, -0.2) is 9.78 Å². The van der Waals surface area contributed by atoms with Crippen molar-refractivity contribution in [1.82, 2.24) is 15.3 Å². The Balaban J connectivity index is 1.57. The number of nitrogens with one attached hydrogen (secondary N) is 2. The number of pyridine rings is 1. The molecular formula is C16H14N4OS. The van der Waals surface area contributed by atoms with Crippen molar-refractivity contribution in [3.8, 4) is 11.3 Å². The summed E-state index contributed by atoms with van der Waals surface area (Å²) in [5, 5.41) is 7.97. The lowest BCUT2D eigenvalue weighted by Gasteiger charge is -2.04. The van der Waals surface area contributed by atoms with Gasteiger partial charge in [0.05, 0.1) is 17.9 Å². The second-order valence-electron chi connectivity index (χ2n) is 4.53. The standard InChI is InChI=1S/C16H14N4OS/c21-15(18-10-13-8-4-5-9-17-13)20-16-19-14(11-22-16)12-6-2-1-3-7-12/h1-9,11H,10H2,(H2,18,19,20,21). The number of aromatic nitrogens is 2. The molecule has 2 amide bonds. The summed E-state index contributed by atoms with van der Waals surface area (Å²) >= 11 is 1.40. The Morgan fingerprint density at radius 2 is 1.91 bits per heavy atom. The highest BCUT2D eigenvalue weighted by atomic mass is 32.1. The highest BCUT2D eigenvalue weighted by Crippen LogP contribution is 2.24. The summed E-state index contributed by atoms with van der Waals surface area (Å²) in [5.41, 5.74) is 2.69. The highest BCUT2D eigenvalue weighted by molar-refractivity contribution is 7.14. The molecule has 2 N–H and O–H groups in total. The van der Waals surface area contributed by atoms with Gasteiger partial charge in [-0.2, -0.15) is 0 Å². The van der Waals surface area contributed by atoms with E-state index in [0.717, 1.165) is 17.0 Å². The van der Waals surface area contributed by atoms with Crippen LogP contribution in [0, 0.1) is 0 Å². The van der Waals surface area contributed by atoms with Crippen LogP contribution in [0.4, 0.5) is 9.93 Å². The molecule has 6 heteroatoms. The number of urea groups is 1. The van der Waals surface area contributed by atoms with Crippen LogP contribution in [-0.4, -0.2) is 16.0 Å². The minimum atomic E-state index is -0.292. The lowest BCUT2D eigenvalue weighted by molar-refractivity contribution is 0.251. The second-order valence-corrected chi connectivity index (χ2v) is 5.39. The first-order valence-corrected chi connectivity index (χ1v) is 7.65. The van der Waals surface area contributed by atoms with E-state index in [4.69, 9.17) is 0 Å². The van der Waals surface area contributed by atoms with E-state index in [1.165, 1.54) is 11.3 Å². The van der Waals surface area contributed by atoms with Gasteiger partial charge in [-0.3, -0.25) is 10.3 Å². The van der Waals surface area contributed by atoms with Gasteiger partial charge in [0.2, 0.25) is 0 Å². The number of rotatable bonds is 4. The Hall–Kier alpha value is -2.73. The summed E-state index contributed by atoms with van der Waals surface area (Å²) < 4.78 is 0. The third-order valence-corrected chi connectivity index (χ3v) is 3.71. The molecule has 110 valence electrons. The van der Waals surface area contributed by atoms with Crippen molar-refractivity contribution < 1.29 is 4.79 Å². The van der Waals surface area contributed by atoms with Gasteiger partial charge in [-0.1, -0.05) is 36.4 Å². The molecule has 2 heterocycles. The average molecular weight is 310 g/mol. The predicted molar refractivity (Wildman–Crippen MR) is 87.6 cm³/mol. The minimum Gasteiger partial charge on any atom is -0.332 e. The number of nitrogens with zero attached hydrogens (tertiary/aromatic N) is 2. The fraction of sp³-hybridized carbons (Fsp3) is 0.0625. The molecule has 0 atom stereocenters. The first kappa shape index (κ1) is 14.2. The quantitative estimate of drug-likeness (QED) is 0.774. The third kappa shape index (κ3) is 3.67. The van der Waals surface area contributed by atoms with Crippen molar-refractivity contribution in [2.45, 2.75) is 6.54 Å². The molecular weight excluding hydrogens is 296 g/mol. The topological polar surface area (TPSA) is 66.9 Å². The summed E-state index contributed by atoms with van der Waals surface area (Å²) in [4.78, 5) is 20.4. The van der Waals surface area contributed by atoms with Crippen LogP contribution in [0.2, 0.25) is 0 Å². The van der Waals surface area contributed by atoms with Gasteiger partial charge in [0.15, 0.2) is 5.13 Å². The summed E-state index contributed by atoms with van der Waals surface area (Å²) in [6, 6.07) is 15.1. The van der Waals surface area contributed by atoms with Crippen LogP contribution in [0.1, 0.15) is 5.69 Å². The fourth-order valence-corrected chi connectivity index (χ4v) is 2.60. The molecule has 0 aliphatic carbocycles. The zero-order chi connectivity index (χ0) is 15.2. The van der Waals surface area contributed by atoms with Gasteiger partial charge in [0.1, 0.15) is 0 Å². The lowest BCUT2D eigenvalue weighted by atomic mass is 10.2. The number of carbonyl (C=O) groups excluding carboxylic acids is 1. The molecule has 0 spiro atoms. The van der Waals surface area contributed by atoms with Crippen LogP contribution in [0.5, 0.6) is 0 Å². The van der Waals surface area contributed by atoms with Crippen LogP contribution in [0.15, 0.2) is 60.1 Å². The molecule has 0 saturated carbocycles. The molecule has 0 aliphatic rings. The van der Waals surface area contributed by atoms with Gasteiger partial charge in [0, 0.05) is 17.1 Å². The van der Waals surface area contributed by atoms with Crippen molar-refractivity contribution in [2.24, 2.45) is 0 Å². The monoisotopic (exact) mass is 310 g/mol. The third-order valence-electron chi connectivity index (χ3n) is 2.95. The number of carbonyl (C=O) groups is 1. The molecule has 3 aromatic rings. The summed E-state index contributed by atoms with van der Waals surface area (Å²) in [6.45, 7) is 0.379. The molecule has 0 radical (unpaired) electrons. The zero-order valence-corrected chi connectivity index (χ0v) is 12.5. The number of hydrogen-bond donors (Lipinski definition) is 2. The summed E-state index contributed by atoms with van der Waals surface area (Å²) in [5.74, 6) is 0. The second kappa shape index (κ2) is 6.82. The molecule has 0 bridgehead atoms. The average Bonchev–Trinajstić information content (AvgIpc) is 3.03. The normalized spacial score (nSPS) is 10.2. The summed E-state index contributed by atoms with van der Waals surface area (Å²) in [7, 11) is 0. The largest absolute Gasteiger partial charge is 0.332 e. The van der Waals surface area contributed by atoms with Crippen LogP contribution in [0.25, 0.3) is 11.3 Å². The maximum atomic E-state index is 11.8.